The molecule has 0 saturated carbocycles. The second-order valence-corrected chi connectivity index (χ2v) is 7.75. The molecule has 0 aliphatic carbocycles. The van der Waals surface area contributed by atoms with E-state index < -0.39 is 0 Å². The van der Waals surface area contributed by atoms with Crippen molar-refractivity contribution in [1.29, 1.82) is 0 Å². The lowest BCUT2D eigenvalue weighted by atomic mass is 10.1. The van der Waals surface area contributed by atoms with Crippen LogP contribution in [-0.2, 0) is 17.9 Å². The number of benzene rings is 1. The van der Waals surface area contributed by atoms with E-state index in [0.29, 0.717) is 18.1 Å². The summed E-state index contributed by atoms with van der Waals surface area (Å²) >= 11 is 7.64. The summed E-state index contributed by atoms with van der Waals surface area (Å²) in [6.45, 7) is 3.83. The number of thiophene rings is 1. The lowest BCUT2D eigenvalue weighted by Gasteiger charge is -2.20. The highest BCUT2D eigenvalue weighted by Gasteiger charge is 2.19. The molecular weight excluding hydrogens is 368 g/mol. The Labute approximate surface area is 162 Å². The van der Waals surface area contributed by atoms with E-state index in [1.807, 2.05) is 49.4 Å². The first-order valence-electron chi connectivity index (χ1n) is 8.53. The van der Waals surface area contributed by atoms with Crippen molar-refractivity contribution in [3.05, 3.63) is 81.4 Å². The summed E-state index contributed by atoms with van der Waals surface area (Å²) in [4.78, 5) is 15.0. The van der Waals surface area contributed by atoms with Gasteiger partial charge in [-0.3, -0.25) is 4.79 Å². The monoisotopic (exact) mass is 389 g/mol. The zero-order chi connectivity index (χ0) is 18.4. The fraction of sp³-hybridized carbons (Fsp3) is 0.250. The van der Waals surface area contributed by atoms with Gasteiger partial charge in [0.25, 0.3) is 5.91 Å². The van der Waals surface area contributed by atoms with Gasteiger partial charge in [-0.1, -0.05) is 29.8 Å². The lowest BCUT2D eigenvalue weighted by molar-refractivity contribution is -0.920. The summed E-state index contributed by atoms with van der Waals surface area (Å²) in [5.74, 6) is 0.903. The number of hydrogen-bond acceptors (Lipinski definition) is 3. The summed E-state index contributed by atoms with van der Waals surface area (Å²) in [5, 5.41) is 5.83. The molecule has 2 atom stereocenters. The van der Waals surface area contributed by atoms with Gasteiger partial charge in [0, 0.05) is 5.02 Å². The van der Waals surface area contributed by atoms with E-state index in [4.69, 9.17) is 16.0 Å². The van der Waals surface area contributed by atoms with E-state index >= 15 is 0 Å². The van der Waals surface area contributed by atoms with Crippen molar-refractivity contribution in [2.45, 2.75) is 26.1 Å². The Hall–Kier alpha value is -2.08. The molecule has 1 aromatic carbocycles. The molecular formula is C20H22ClN2O2S+. The minimum atomic E-state index is -0.0635. The van der Waals surface area contributed by atoms with Crippen LogP contribution < -0.4 is 10.2 Å². The molecule has 6 heteroatoms. The van der Waals surface area contributed by atoms with Crippen molar-refractivity contribution in [3.63, 3.8) is 0 Å². The Bertz CT molecular complexity index is 765. The van der Waals surface area contributed by atoms with Crippen LogP contribution in [0.1, 0.15) is 29.2 Å². The second-order valence-electron chi connectivity index (χ2n) is 6.28. The number of furan rings is 1. The molecule has 2 aromatic heterocycles. The van der Waals surface area contributed by atoms with Crippen molar-refractivity contribution in [2.75, 3.05) is 6.54 Å². The zero-order valence-corrected chi connectivity index (χ0v) is 16.1. The van der Waals surface area contributed by atoms with Crippen LogP contribution in [0, 0.1) is 0 Å². The van der Waals surface area contributed by atoms with Crippen LogP contribution in [0.15, 0.2) is 64.6 Å². The van der Waals surface area contributed by atoms with Crippen molar-refractivity contribution >= 4 is 28.8 Å². The Morgan fingerprint density at radius 2 is 2.00 bits per heavy atom. The van der Waals surface area contributed by atoms with Gasteiger partial charge >= 0.3 is 0 Å². The molecule has 3 aromatic rings. The van der Waals surface area contributed by atoms with Gasteiger partial charge in [0.1, 0.15) is 13.1 Å². The number of hydrogen-bond donors (Lipinski definition) is 2. The van der Waals surface area contributed by atoms with Gasteiger partial charge in [-0.25, -0.2) is 0 Å². The molecule has 4 nitrogen and oxygen atoms in total. The minimum Gasteiger partial charge on any atom is -0.463 e. The topological polar surface area (TPSA) is 46.7 Å². The van der Waals surface area contributed by atoms with E-state index in [9.17, 15) is 4.79 Å². The van der Waals surface area contributed by atoms with Crippen LogP contribution in [0.2, 0.25) is 5.02 Å². The fourth-order valence-electron chi connectivity index (χ4n) is 2.86. The van der Waals surface area contributed by atoms with E-state index in [2.05, 4.69) is 16.8 Å². The number of quaternary nitrogens is 1. The molecule has 2 heterocycles. The van der Waals surface area contributed by atoms with Gasteiger partial charge in [-0.05, 0) is 48.2 Å². The maximum absolute atomic E-state index is 12.6. The molecule has 0 saturated heterocycles. The van der Waals surface area contributed by atoms with Crippen LogP contribution in [0.4, 0.5) is 0 Å². The molecule has 0 fully saturated rings. The van der Waals surface area contributed by atoms with E-state index in [1.165, 1.54) is 4.88 Å². The van der Waals surface area contributed by atoms with Gasteiger partial charge in [-0.2, -0.15) is 0 Å². The average molecular weight is 390 g/mol. The molecule has 1 amide bonds. The summed E-state index contributed by atoms with van der Waals surface area (Å²) in [7, 11) is 0. The molecule has 0 spiro atoms. The number of halogens is 1. The van der Waals surface area contributed by atoms with E-state index in [1.54, 1.807) is 17.6 Å². The summed E-state index contributed by atoms with van der Waals surface area (Å²) in [6, 6.07) is 15.4. The summed E-state index contributed by atoms with van der Waals surface area (Å²) < 4.78 is 5.46. The molecule has 0 aliphatic rings. The number of amides is 1. The quantitative estimate of drug-likeness (QED) is 0.619. The third-order valence-corrected chi connectivity index (χ3v) is 5.30. The van der Waals surface area contributed by atoms with Gasteiger partial charge in [-0.15, -0.1) is 11.3 Å². The van der Waals surface area contributed by atoms with Crippen molar-refractivity contribution in [3.8, 4) is 0 Å². The maximum atomic E-state index is 12.6. The second kappa shape index (κ2) is 9.03. The van der Waals surface area contributed by atoms with E-state index in [-0.39, 0.29) is 11.9 Å². The number of carbonyl (C=O) groups is 1. The van der Waals surface area contributed by atoms with Crippen LogP contribution in [0.25, 0.3) is 0 Å². The molecule has 136 valence electrons. The van der Waals surface area contributed by atoms with Gasteiger partial charge in [0.2, 0.25) is 0 Å². The first-order chi connectivity index (χ1) is 12.6. The van der Waals surface area contributed by atoms with Crippen LogP contribution in [0.3, 0.4) is 0 Å². The fourth-order valence-corrected chi connectivity index (χ4v) is 3.76. The molecule has 26 heavy (non-hydrogen) atoms. The largest absolute Gasteiger partial charge is 0.463 e. The Kier molecular flexibility index (Phi) is 6.50. The molecule has 0 aliphatic heterocycles. The van der Waals surface area contributed by atoms with Crippen molar-refractivity contribution in [2.24, 2.45) is 0 Å². The third-order valence-electron chi connectivity index (χ3n) is 4.17. The first kappa shape index (κ1) is 18.7. The van der Waals surface area contributed by atoms with E-state index in [0.717, 1.165) is 22.8 Å². The Morgan fingerprint density at radius 3 is 2.65 bits per heavy atom. The van der Waals surface area contributed by atoms with Gasteiger partial charge < -0.3 is 14.6 Å². The summed E-state index contributed by atoms with van der Waals surface area (Å²) in [5.41, 5.74) is 1.04. The van der Waals surface area contributed by atoms with Crippen LogP contribution in [0.5, 0.6) is 0 Å². The highest BCUT2D eigenvalue weighted by molar-refractivity contribution is 7.09. The number of carbonyl (C=O) groups excluding carboxylic acids is 1. The van der Waals surface area contributed by atoms with Crippen LogP contribution in [-0.4, -0.2) is 12.5 Å². The Balaban J connectivity index is 1.61. The van der Waals surface area contributed by atoms with Crippen molar-refractivity contribution in [1.82, 2.24) is 5.32 Å². The average Bonchev–Trinajstić information content (AvgIpc) is 3.29. The highest BCUT2D eigenvalue weighted by atomic mass is 35.5. The predicted octanol–water partition coefficient (Wildman–Crippen LogP) is 3.46. The first-order valence-corrected chi connectivity index (χ1v) is 9.79. The highest BCUT2D eigenvalue weighted by Crippen LogP contribution is 2.15. The van der Waals surface area contributed by atoms with Crippen molar-refractivity contribution < 1.29 is 14.1 Å². The maximum Gasteiger partial charge on any atom is 0.275 e. The zero-order valence-electron chi connectivity index (χ0n) is 14.6. The summed E-state index contributed by atoms with van der Waals surface area (Å²) in [6.07, 6.45) is 1.67. The standard InChI is InChI=1S/C20H21ClN2O2S/c1-15(16-6-8-17(21)9-7-16)22-20(24)14-23(12-18-4-2-10-25-18)13-19-5-3-11-26-19/h2-11,15H,12-14H2,1H3,(H,22,24)/p+1/t15-/m1/s1. The van der Waals surface area contributed by atoms with Crippen LogP contribution >= 0.6 is 22.9 Å². The van der Waals surface area contributed by atoms with Gasteiger partial charge in [0.15, 0.2) is 12.3 Å². The minimum absolute atomic E-state index is 0.0190. The predicted molar refractivity (Wildman–Crippen MR) is 104 cm³/mol. The Morgan fingerprint density at radius 1 is 1.19 bits per heavy atom. The number of nitrogens with one attached hydrogen (secondary N) is 2. The normalized spacial score (nSPS) is 13.3. The van der Waals surface area contributed by atoms with Gasteiger partial charge in [0.05, 0.1) is 17.2 Å². The molecule has 1 unspecified atom stereocenters. The lowest BCUT2D eigenvalue weighted by Crippen LogP contribution is -3.10. The smallest absolute Gasteiger partial charge is 0.275 e. The molecule has 3 rings (SSSR count). The number of rotatable bonds is 8. The molecule has 2 N–H and O–H groups in total. The molecule has 0 bridgehead atoms. The third kappa shape index (κ3) is 5.46. The SMILES string of the molecule is C[C@@H](NC(=O)C[NH+](Cc1ccco1)Cc1cccs1)c1ccc(Cl)cc1. The molecule has 0 radical (unpaired) electrons.